The highest BCUT2D eigenvalue weighted by Gasteiger charge is 2.45. The Bertz CT molecular complexity index is 4030. The third-order valence-electron chi connectivity index (χ3n) is 23.0. The first-order chi connectivity index (χ1) is 59.6. The van der Waals surface area contributed by atoms with E-state index >= 15 is 14.4 Å². The zero-order valence-corrected chi connectivity index (χ0v) is 81.9. The van der Waals surface area contributed by atoms with Crippen LogP contribution in [0.1, 0.15) is 194 Å². The highest BCUT2D eigenvalue weighted by molar-refractivity contribution is 7.89. The molecule has 36 heteroatoms. The van der Waals surface area contributed by atoms with Crippen molar-refractivity contribution in [3.8, 4) is 5.75 Å². The number of nitrogens with zero attached hydrogens (tertiary/aromatic N) is 8. The molecule has 0 spiro atoms. The van der Waals surface area contributed by atoms with Crippen molar-refractivity contribution in [1.29, 1.82) is 0 Å². The molecule has 14 atom stereocenters. The number of hydrogen-bond donors (Lipinski definition) is 10. The van der Waals surface area contributed by atoms with Crippen LogP contribution in [0.15, 0.2) is 65.7 Å². The van der Waals surface area contributed by atoms with Gasteiger partial charge in [0.1, 0.15) is 66.2 Å². The van der Waals surface area contributed by atoms with E-state index in [1.807, 2.05) is 69.2 Å². The number of unbranched alkanes of at least 4 members (excludes halogenated alkanes) is 1. The number of nitrogens with one attached hydrogen (secondary N) is 6. The van der Waals surface area contributed by atoms with Crippen molar-refractivity contribution < 1.29 is 95.5 Å². The Balaban J connectivity index is 1.92. The minimum Gasteiger partial charge on any atom is -0.484 e. The molecule has 12 amide bonds. The van der Waals surface area contributed by atoms with Crippen LogP contribution in [0.4, 0.5) is 10.5 Å². The van der Waals surface area contributed by atoms with E-state index in [1.54, 1.807) is 101 Å². The molecule has 35 nitrogen and oxygen atoms in total. The molecule has 11 N–H and O–H groups in total. The fourth-order valence-electron chi connectivity index (χ4n) is 15.2. The minimum atomic E-state index is -4.14. The normalized spacial score (nSPS) is 16.1. The summed E-state index contributed by atoms with van der Waals surface area (Å²) in [6, 6.07) is -0.855. The van der Waals surface area contributed by atoms with Crippen LogP contribution in [0.2, 0.25) is 0 Å². The highest BCUT2D eigenvalue weighted by atomic mass is 32.2. The van der Waals surface area contributed by atoms with Crippen LogP contribution in [-0.2, 0) is 78.7 Å². The van der Waals surface area contributed by atoms with Gasteiger partial charge in [0.15, 0.2) is 6.61 Å². The molecule has 1 saturated heterocycles. The van der Waals surface area contributed by atoms with Gasteiger partial charge in [-0.05, 0) is 154 Å². The van der Waals surface area contributed by atoms with Gasteiger partial charge in [0.05, 0.1) is 49.0 Å². The second-order valence-electron chi connectivity index (χ2n) is 37.5. The van der Waals surface area contributed by atoms with Crippen molar-refractivity contribution in [1.82, 2.24) is 70.5 Å². The number of aliphatic hydroxyl groups excluding tert-OH is 3. The number of sulfonamides is 1. The van der Waals surface area contributed by atoms with E-state index in [4.69, 9.17) is 19.9 Å². The SMILES string of the molecule is C=C(C(CO)N(C)C(=O)C(CC)NC(=O)C(C(O)C(C)C)N(C)C(=O)C(C(C)C)N(C)C(=O)CCC(C)C)N(C)C(CC(C)C)C(=O)NC(C(=O)N(C)C(CC(C)C)C(=O)NC(CCCCNC(=O)COc1ccc(CC(NC(=O)OC2CCOC2)C(O)CN(CC(C)C)S(=O)(=O)c2ccc(N)cc2)cc1)C(=O)NC(C)C(=O)N(C)C(CC(C)C)C(=O)N(C)C)C(C)C. The summed E-state index contributed by atoms with van der Waals surface area (Å²) in [4.78, 5) is 181. The van der Waals surface area contributed by atoms with E-state index in [2.05, 4.69) is 38.5 Å². The topological polar surface area (TPSA) is 451 Å². The molecular formula is C92H157N15O20S. The predicted molar refractivity (Wildman–Crippen MR) is 491 cm³/mol. The van der Waals surface area contributed by atoms with Crippen molar-refractivity contribution in [2.45, 2.75) is 285 Å². The number of alkyl carbamates (subject to hydrolysis) is 1. The van der Waals surface area contributed by atoms with Crippen molar-refractivity contribution in [3.05, 3.63) is 66.4 Å². The molecule has 2 aromatic rings. The molecule has 0 radical (unpaired) electrons. The first-order valence-corrected chi connectivity index (χ1v) is 46.6. The van der Waals surface area contributed by atoms with Crippen molar-refractivity contribution in [2.75, 3.05) is 108 Å². The monoisotopic (exact) mass is 1820 g/mol. The van der Waals surface area contributed by atoms with E-state index in [9.17, 15) is 66.9 Å². The molecular weight excluding hydrogens is 1670 g/mol. The molecule has 3 rings (SSSR count). The summed E-state index contributed by atoms with van der Waals surface area (Å²) in [6.07, 6.45) is -1.89. The van der Waals surface area contributed by atoms with E-state index in [0.29, 0.717) is 37.1 Å². The third-order valence-corrected chi connectivity index (χ3v) is 24.9. The van der Waals surface area contributed by atoms with Crippen LogP contribution in [0.5, 0.6) is 5.75 Å². The Morgan fingerprint density at radius 3 is 1.60 bits per heavy atom. The van der Waals surface area contributed by atoms with Gasteiger partial charge in [-0.1, -0.05) is 136 Å². The molecule has 14 unspecified atom stereocenters. The van der Waals surface area contributed by atoms with E-state index in [1.165, 1.54) is 93.1 Å². The van der Waals surface area contributed by atoms with Crippen LogP contribution in [0.3, 0.4) is 0 Å². The van der Waals surface area contributed by atoms with Gasteiger partial charge in [0.25, 0.3) is 5.91 Å². The summed E-state index contributed by atoms with van der Waals surface area (Å²) in [7, 11) is 7.81. The summed E-state index contributed by atoms with van der Waals surface area (Å²) in [5, 5.41) is 51.5. The lowest BCUT2D eigenvalue weighted by Gasteiger charge is -2.40. The molecule has 726 valence electrons. The number of anilines is 1. The molecule has 1 aliphatic rings. The lowest BCUT2D eigenvalue weighted by Crippen LogP contribution is -2.62. The van der Waals surface area contributed by atoms with Crippen molar-refractivity contribution in [2.24, 2.45) is 47.3 Å². The third kappa shape index (κ3) is 34.9. The maximum atomic E-state index is 15.2. The number of nitrogens with two attached hydrogens (primary N) is 1. The summed E-state index contributed by atoms with van der Waals surface area (Å²) >= 11 is 0. The molecule has 0 saturated carbocycles. The first-order valence-electron chi connectivity index (χ1n) is 45.2. The Labute approximate surface area is 761 Å². The second kappa shape index (κ2) is 53.8. The number of likely N-dealkylation sites (N-methyl/N-ethyl adjacent to an activating group) is 7. The molecule has 128 heavy (non-hydrogen) atoms. The zero-order chi connectivity index (χ0) is 97.4. The number of carbonyl (C=O) groups is 12. The smallest absolute Gasteiger partial charge is 0.407 e. The van der Waals surface area contributed by atoms with E-state index in [0.717, 1.165) is 4.90 Å². The van der Waals surface area contributed by atoms with Crippen LogP contribution in [-0.4, -0.2) is 321 Å². The Morgan fingerprint density at radius 2 is 1.09 bits per heavy atom. The maximum absolute atomic E-state index is 15.2. The van der Waals surface area contributed by atoms with Gasteiger partial charge >= 0.3 is 6.09 Å². The van der Waals surface area contributed by atoms with Crippen LogP contribution in [0.25, 0.3) is 0 Å². The van der Waals surface area contributed by atoms with Crippen molar-refractivity contribution >= 4 is 86.8 Å². The largest absolute Gasteiger partial charge is 0.484 e. The number of carbonyl (C=O) groups excluding carboxylic acids is 12. The lowest BCUT2D eigenvalue weighted by atomic mass is 9.94. The predicted octanol–water partition coefficient (Wildman–Crippen LogP) is 5.37. The number of hydrogen-bond acceptors (Lipinski definition) is 22. The van der Waals surface area contributed by atoms with E-state index in [-0.39, 0.29) is 135 Å². The van der Waals surface area contributed by atoms with Gasteiger partial charge in [-0.25, -0.2) is 13.2 Å². The summed E-state index contributed by atoms with van der Waals surface area (Å²) in [6.45, 7) is 35.9. The molecule has 1 fully saturated rings. The number of aliphatic hydroxyl groups is 3. The standard InChI is InChI=1S/C92H157N15O20S/c1-28-69(96-86(116)81(82(112)61(16)17)106(27)91(121)80(60(14)15)105(26)78(111)41-32-54(2)3)88(118)104(25)75(51-108)63(19)101(22)72(45-55(4)5)85(115)99-79(59(12)13)90(120)102(23)73(46-56(6)7)84(114)97-70(83(113)95-62(18)87(117)103(24)74(47-57(8)9)89(119)100(20)21)31-29-30-43-94-77(110)53-126-66-37-33-64(34-38-66)48-71(98-92(122)127-67-42-44-125-52-67)76(109)50-107(49-58(10)11)128(123,124)68-39-35-65(93)36-40-68/h33-40,54-62,67,69-76,79-82,108-109,112H,19,28-32,41-53,93H2,1-18,20-27H3,(H,94,110)(H,95,113)(H,96,116)(H,97,114)(H,98,122)(H,99,115). The van der Waals surface area contributed by atoms with Crippen LogP contribution in [0, 0.1) is 47.3 Å². The highest BCUT2D eigenvalue weighted by Crippen LogP contribution is 2.28. The van der Waals surface area contributed by atoms with Gasteiger partial charge in [0, 0.05) is 100 Å². The second-order valence-corrected chi connectivity index (χ2v) is 39.5. The fourth-order valence-corrected chi connectivity index (χ4v) is 16.8. The van der Waals surface area contributed by atoms with Gasteiger partial charge < -0.3 is 101 Å². The molecule has 1 heterocycles. The van der Waals surface area contributed by atoms with Gasteiger partial charge in [0.2, 0.25) is 69.1 Å². The maximum Gasteiger partial charge on any atom is 0.407 e. The van der Waals surface area contributed by atoms with Crippen molar-refractivity contribution in [3.63, 3.8) is 0 Å². The Hall–Kier alpha value is -9.23. The fraction of sp³-hybridized carbons (Fsp3) is 0.717. The van der Waals surface area contributed by atoms with Gasteiger partial charge in [-0.3, -0.25) is 52.7 Å². The number of ether oxygens (including phenoxy) is 3. The number of benzene rings is 2. The number of amides is 12. The Kier molecular flexibility index (Phi) is 47.5. The Morgan fingerprint density at radius 1 is 0.547 bits per heavy atom. The summed E-state index contributed by atoms with van der Waals surface area (Å²) in [5.41, 5.74) is 6.94. The zero-order valence-electron chi connectivity index (χ0n) is 81.1. The van der Waals surface area contributed by atoms with Crippen LogP contribution >= 0.6 is 0 Å². The molecule has 0 aromatic heterocycles. The lowest BCUT2D eigenvalue weighted by molar-refractivity contribution is -0.153. The molecule has 2 aromatic carbocycles. The average molecular weight is 1830 g/mol. The van der Waals surface area contributed by atoms with E-state index < -0.39 is 185 Å². The van der Waals surface area contributed by atoms with Gasteiger partial charge in [-0.15, -0.1) is 0 Å². The molecule has 1 aliphatic heterocycles. The summed E-state index contributed by atoms with van der Waals surface area (Å²) in [5.74, 6) is -8.15. The van der Waals surface area contributed by atoms with Crippen LogP contribution < -0.4 is 42.4 Å². The first kappa shape index (κ1) is 113. The minimum absolute atomic E-state index is 0.00234. The summed E-state index contributed by atoms with van der Waals surface area (Å²) < 4.78 is 46.0. The average Bonchev–Trinajstić information content (AvgIpc) is 0.832. The quantitative estimate of drug-likeness (QED) is 0.0294. The molecule has 0 aliphatic carbocycles. The molecule has 0 bridgehead atoms. The number of rotatable bonds is 55. The number of nitrogen functional groups attached to an aromatic ring is 1. The van der Waals surface area contributed by atoms with Gasteiger partial charge in [-0.2, -0.15) is 4.31 Å².